The first kappa shape index (κ1) is 92.2. The van der Waals surface area contributed by atoms with Crippen molar-refractivity contribution in [2.45, 2.75) is 347 Å². The van der Waals surface area contributed by atoms with E-state index in [1.807, 2.05) is 21.1 Å². The van der Waals surface area contributed by atoms with Crippen molar-refractivity contribution in [1.29, 1.82) is 0 Å². The van der Waals surface area contributed by atoms with Gasteiger partial charge in [-0.25, -0.2) is 0 Å². The molecule has 0 aliphatic heterocycles. The van der Waals surface area contributed by atoms with Crippen LogP contribution in [0.25, 0.3) is 0 Å². The van der Waals surface area contributed by atoms with Crippen molar-refractivity contribution in [3.8, 4) is 0 Å². The number of carbonyl (C=O) groups is 3. The molecule has 2 atom stereocenters. The molecule has 0 radical (unpaired) electrons. The number of aliphatic carboxylic acids is 1. The standard InChI is InChI=1S/C88H149NO8/c1-6-8-10-12-14-16-18-20-22-24-26-28-30-32-34-36-38-40-42-43-45-47-49-51-53-55-57-59-61-63-65-67-69-71-73-75-77-79-86(91)97-84(83-96-88(87(92)93)94-81-80-89(3,4)5)82-95-85(90)78-76-74-72-70-68-66-64-62-60-58-56-54-52-50-48-46-44-41-39-37-35-33-31-29-27-25-23-21-19-17-15-13-11-9-7-2/h8-11,14-17,20-23,26-29,32,34,38,40,43,45,49,51,84,88H,6-7,12-13,18-19,24-25,30-31,33,35-37,39,41-42,44,46-48,50,52-83H2,1-5H3/b10-8-,11-9-,16-14-,17-15-,22-20-,23-21-,28-26-,29-27-,34-32-,40-38-,45-43-,51-49-. The monoisotopic (exact) mass is 1350 g/mol. The summed E-state index contributed by atoms with van der Waals surface area (Å²) >= 11 is 0. The maximum Gasteiger partial charge on any atom is 0.306 e. The Morgan fingerprint density at radius 3 is 0.825 bits per heavy atom. The Morgan fingerprint density at radius 2 is 0.557 bits per heavy atom. The van der Waals surface area contributed by atoms with E-state index in [2.05, 4.69) is 160 Å². The Bertz CT molecular complexity index is 2110. The van der Waals surface area contributed by atoms with Gasteiger partial charge in [0, 0.05) is 12.8 Å². The Balaban J connectivity index is 4.05. The first-order valence-corrected chi connectivity index (χ1v) is 40.0. The smallest absolute Gasteiger partial charge is 0.306 e. The first-order valence-electron chi connectivity index (χ1n) is 40.0. The van der Waals surface area contributed by atoms with Crippen LogP contribution in [0.2, 0.25) is 0 Å². The molecule has 0 aromatic rings. The van der Waals surface area contributed by atoms with Gasteiger partial charge >= 0.3 is 11.9 Å². The zero-order valence-corrected chi connectivity index (χ0v) is 63.4. The highest BCUT2D eigenvalue weighted by molar-refractivity contribution is 5.70. The number of ether oxygens (including phenoxy) is 4. The molecular weight excluding hydrogens is 1200 g/mol. The lowest BCUT2D eigenvalue weighted by Gasteiger charge is -2.26. The molecule has 0 aliphatic rings. The first-order chi connectivity index (χ1) is 47.6. The number of carboxylic acid groups (broad SMARTS) is 1. The van der Waals surface area contributed by atoms with Gasteiger partial charge in [-0.15, -0.1) is 0 Å². The SMILES string of the molecule is CC/C=C\C/C=C\C/C=C\C/C=C\C/C=C\C/C=C\C/C=C\C/C=C\CCCCCCCCCCCCCCC(=O)OC(COC(=O)CCCCCCCCCCCCCCCCCCCCCCCC/C=C\C/C=C\C/C=C\C/C=C\CC)COC(OCC[N+](C)(C)C)C(=O)[O-]. The molecule has 0 aliphatic carbocycles. The highest BCUT2D eigenvalue weighted by Gasteiger charge is 2.22. The molecule has 9 nitrogen and oxygen atoms in total. The van der Waals surface area contributed by atoms with E-state index in [-0.39, 0.29) is 38.6 Å². The van der Waals surface area contributed by atoms with Gasteiger partial charge in [0.2, 0.25) is 0 Å². The number of carboxylic acids is 1. The molecular formula is C88H149NO8. The second-order valence-corrected chi connectivity index (χ2v) is 27.6. The molecule has 97 heavy (non-hydrogen) atoms. The van der Waals surface area contributed by atoms with Crippen LogP contribution in [0.5, 0.6) is 0 Å². The van der Waals surface area contributed by atoms with Crippen LogP contribution in [-0.4, -0.2) is 82.3 Å². The average Bonchev–Trinajstić information content (AvgIpc) is 3.11. The number of quaternary nitrogens is 1. The quantitative estimate of drug-likeness (QED) is 0.0195. The van der Waals surface area contributed by atoms with E-state index in [0.29, 0.717) is 17.4 Å². The summed E-state index contributed by atoms with van der Waals surface area (Å²) in [6, 6.07) is 0. The Labute approximate surface area is 598 Å². The molecule has 0 saturated carbocycles. The average molecular weight is 1350 g/mol. The van der Waals surface area contributed by atoms with Crippen LogP contribution in [0, 0.1) is 0 Å². The summed E-state index contributed by atoms with van der Waals surface area (Å²) in [4.78, 5) is 37.6. The van der Waals surface area contributed by atoms with E-state index in [4.69, 9.17) is 18.9 Å². The lowest BCUT2D eigenvalue weighted by Crippen LogP contribution is -2.44. The van der Waals surface area contributed by atoms with Crippen molar-refractivity contribution in [1.82, 2.24) is 0 Å². The van der Waals surface area contributed by atoms with Crippen LogP contribution in [0.3, 0.4) is 0 Å². The highest BCUT2D eigenvalue weighted by atomic mass is 16.7. The van der Waals surface area contributed by atoms with Gasteiger partial charge in [-0.3, -0.25) is 9.59 Å². The molecule has 0 rings (SSSR count). The molecule has 0 spiro atoms. The molecule has 0 fully saturated rings. The summed E-state index contributed by atoms with van der Waals surface area (Å²) in [5.41, 5.74) is 0. The summed E-state index contributed by atoms with van der Waals surface area (Å²) < 4.78 is 22.9. The van der Waals surface area contributed by atoms with Crippen molar-refractivity contribution in [3.05, 3.63) is 146 Å². The third-order valence-corrected chi connectivity index (χ3v) is 17.1. The minimum atomic E-state index is -1.63. The summed E-state index contributed by atoms with van der Waals surface area (Å²) in [6.45, 7) is 4.55. The number of likely N-dealkylation sites (N-methyl/N-ethyl adjacent to an activating group) is 1. The van der Waals surface area contributed by atoms with E-state index < -0.39 is 24.3 Å². The van der Waals surface area contributed by atoms with Gasteiger partial charge in [0.15, 0.2) is 12.4 Å². The normalized spacial score (nSPS) is 13.5. The molecule has 554 valence electrons. The Morgan fingerprint density at radius 1 is 0.309 bits per heavy atom. The number of carbonyl (C=O) groups excluding carboxylic acids is 3. The van der Waals surface area contributed by atoms with Crippen LogP contribution in [0.1, 0.15) is 335 Å². The third-order valence-electron chi connectivity index (χ3n) is 17.1. The van der Waals surface area contributed by atoms with Crippen molar-refractivity contribution in [3.63, 3.8) is 0 Å². The fourth-order valence-corrected chi connectivity index (χ4v) is 11.1. The molecule has 0 heterocycles. The number of allylic oxidation sites excluding steroid dienone is 24. The molecule has 0 bridgehead atoms. The van der Waals surface area contributed by atoms with Crippen LogP contribution in [0.4, 0.5) is 0 Å². The maximum absolute atomic E-state index is 13.0. The number of esters is 2. The zero-order chi connectivity index (χ0) is 70.4. The van der Waals surface area contributed by atoms with Gasteiger partial charge in [0.1, 0.15) is 13.2 Å². The van der Waals surface area contributed by atoms with Gasteiger partial charge in [-0.1, -0.05) is 352 Å². The molecule has 2 unspecified atom stereocenters. The second kappa shape index (κ2) is 76.9. The molecule has 9 heteroatoms. The summed E-state index contributed by atoms with van der Waals surface area (Å²) in [6.07, 6.45) is 110. The minimum Gasteiger partial charge on any atom is -0.545 e. The van der Waals surface area contributed by atoms with E-state index >= 15 is 0 Å². The van der Waals surface area contributed by atoms with Crippen LogP contribution < -0.4 is 5.11 Å². The van der Waals surface area contributed by atoms with Gasteiger partial charge < -0.3 is 33.3 Å². The Hall–Kier alpha value is -4.83. The molecule has 0 saturated heterocycles. The third kappa shape index (κ3) is 78.4. The highest BCUT2D eigenvalue weighted by Crippen LogP contribution is 2.18. The fraction of sp³-hybridized carbons (Fsp3) is 0.693. The molecule has 0 aromatic heterocycles. The van der Waals surface area contributed by atoms with E-state index in [9.17, 15) is 19.5 Å². The lowest BCUT2D eigenvalue weighted by atomic mass is 10.0. The van der Waals surface area contributed by atoms with Crippen LogP contribution >= 0.6 is 0 Å². The second-order valence-electron chi connectivity index (χ2n) is 27.6. The van der Waals surface area contributed by atoms with Crippen molar-refractivity contribution in [2.24, 2.45) is 0 Å². The van der Waals surface area contributed by atoms with Gasteiger partial charge in [-0.2, -0.15) is 0 Å². The molecule has 0 N–H and O–H groups in total. The molecule has 0 amide bonds. The van der Waals surface area contributed by atoms with Crippen molar-refractivity contribution in [2.75, 3.05) is 47.5 Å². The largest absolute Gasteiger partial charge is 0.545 e. The number of unbranched alkanes of at least 4 members (excludes halogenated alkanes) is 34. The number of hydrogen-bond donors (Lipinski definition) is 0. The summed E-state index contributed by atoms with van der Waals surface area (Å²) in [5.74, 6) is -2.28. The zero-order valence-electron chi connectivity index (χ0n) is 63.4. The van der Waals surface area contributed by atoms with Gasteiger partial charge in [-0.05, 0) is 116 Å². The lowest BCUT2D eigenvalue weighted by molar-refractivity contribution is -0.870. The predicted octanol–water partition coefficient (Wildman–Crippen LogP) is 24.5. The van der Waals surface area contributed by atoms with Crippen LogP contribution in [0.15, 0.2) is 146 Å². The Kier molecular flexibility index (Phi) is 73.1. The topological polar surface area (TPSA) is 111 Å². The summed E-state index contributed by atoms with van der Waals surface area (Å²) in [5, 5.41) is 11.9. The van der Waals surface area contributed by atoms with E-state index in [1.54, 1.807) is 0 Å². The number of rotatable bonds is 73. The van der Waals surface area contributed by atoms with Crippen molar-refractivity contribution < 1.29 is 42.9 Å². The predicted molar refractivity (Wildman–Crippen MR) is 416 cm³/mol. The number of nitrogens with zero attached hydrogens (tertiary/aromatic N) is 1. The van der Waals surface area contributed by atoms with E-state index in [0.717, 1.165) is 116 Å². The van der Waals surface area contributed by atoms with Gasteiger partial charge in [0.05, 0.1) is 40.3 Å². The van der Waals surface area contributed by atoms with E-state index in [1.165, 1.54) is 186 Å². The van der Waals surface area contributed by atoms with Gasteiger partial charge in [0.25, 0.3) is 0 Å². The van der Waals surface area contributed by atoms with Crippen molar-refractivity contribution >= 4 is 17.9 Å². The fourth-order valence-electron chi connectivity index (χ4n) is 11.1. The molecule has 0 aromatic carbocycles. The number of hydrogen-bond acceptors (Lipinski definition) is 8. The minimum absolute atomic E-state index is 0.143. The summed E-state index contributed by atoms with van der Waals surface area (Å²) in [7, 11) is 5.94. The maximum atomic E-state index is 13.0. The van der Waals surface area contributed by atoms with Crippen LogP contribution in [-0.2, 0) is 33.3 Å².